The normalized spacial score (nSPS) is 19.2. The van der Waals surface area contributed by atoms with Crippen LogP contribution in [0.4, 0.5) is 32.6 Å². The first-order chi connectivity index (χ1) is 23.9. The number of anilines is 1. The van der Waals surface area contributed by atoms with Gasteiger partial charge in [0.05, 0.1) is 22.3 Å². The number of piperazine rings is 1. The van der Waals surface area contributed by atoms with Gasteiger partial charge in [0.2, 0.25) is 0 Å². The molecule has 2 aliphatic rings. The minimum Gasteiger partial charge on any atom is -0.486 e. The molecule has 1 amide bonds. The van der Waals surface area contributed by atoms with Crippen LogP contribution < -0.4 is 15.3 Å². The van der Waals surface area contributed by atoms with E-state index in [0.717, 1.165) is 16.7 Å². The molecule has 4 aromatic rings. The lowest BCUT2D eigenvalue weighted by Crippen LogP contribution is -2.59. The summed E-state index contributed by atoms with van der Waals surface area (Å²) >= 11 is 0. The van der Waals surface area contributed by atoms with E-state index in [1.54, 1.807) is 58.3 Å². The van der Waals surface area contributed by atoms with Crippen LogP contribution in [0.2, 0.25) is 0 Å². The van der Waals surface area contributed by atoms with Crippen molar-refractivity contribution >= 4 is 22.9 Å². The molecule has 2 atom stereocenters. The summed E-state index contributed by atoms with van der Waals surface area (Å²) in [5, 5.41) is 0.0320. The van der Waals surface area contributed by atoms with Crippen molar-refractivity contribution < 1.29 is 36.2 Å². The lowest BCUT2D eigenvalue weighted by molar-refractivity contribution is -0.0472. The number of alkyl halides is 2. The Labute approximate surface area is 291 Å². The van der Waals surface area contributed by atoms with Crippen LogP contribution >= 0.6 is 0 Å². The van der Waals surface area contributed by atoms with E-state index in [4.69, 9.17) is 9.47 Å². The largest absolute Gasteiger partial charge is 0.486 e. The molecule has 10 nitrogen and oxygen atoms in total. The summed E-state index contributed by atoms with van der Waals surface area (Å²) in [7, 11) is 0. The fourth-order valence-corrected chi connectivity index (χ4v) is 6.54. The van der Waals surface area contributed by atoms with Gasteiger partial charge in [0, 0.05) is 37.8 Å². The van der Waals surface area contributed by atoms with Gasteiger partial charge in [-0.1, -0.05) is 13.8 Å². The number of rotatable bonds is 2. The molecule has 1 saturated heterocycles. The molecule has 2 bridgehead atoms. The van der Waals surface area contributed by atoms with Gasteiger partial charge in [-0.05, 0) is 76.8 Å². The van der Waals surface area contributed by atoms with Gasteiger partial charge in [-0.3, -0.25) is 4.98 Å². The number of carbonyl (C=O) groups is 1. The van der Waals surface area contributed by atoms with Crippen LogP contribution in [0.15, 0.2) is 35.3 Å². The Hall–Kier alpha value is -4.82. The molecule has 0 unspecified atom stereocenters. The molecule has 51 heavy (non-hydrogen) atoms. The summed E-state index contributed by atoms with van der Waals surface area (Å²) in [6, 6.07) is 3.26. The summed E-state index contributed by atoms with van der Waals surface area (Å²) in [5.74, 6) is -8.39. The molecule has 0 radical (unpaired) electrons. The molecule has 0 aliphatic carbocycles. The van der Waals surface area contributed by atoms with Gasteiger partial charge >= 0.3 is 11.8 Å². The standard InChI is InChI=1S/C36H39F5N6O4/c1-18(2)28-30-21(11-13-42-28)10-12-36(40,41)17-50-25-9-8-23(37)27(39)26(25)29-24(38)14-22-31(44-33(48)47(30)32(22)43-29)45-15-20(4)46(16-19(45)3)34(49)51-35(5,6)7/h8-9,11,13-14,18-20H,10,12,15-17H2,1-7H3/t19-,20+/m0/s1. The van der Waals surface area contributed by atoms with Gasteiger partial charge in [-0.2, -0.15) is 4.98 Å². The molecule has 1 aromatic carbocycles. The smallest absolute Gasteiger partial charge is 0.410 e. The summed E-state index contributed by atoms with van der Waals surface area (Å²) < 4.78 is 89.3. The van der Waals surface area contributed by atoms with Crippen LogP contribution in [-0.2, 0) is 11.2 Å². The molecular formula is C36H39F5N6O4. The predicted octanol–water partition coefficient (Wildman–Crippen LogP) is 7.18. The maximum Gasteiger partial charge on any atom is 0.410 e. The van der Waals surface area contributed by atoms with Gasteiger partial charge in [0.25, 0.3) is 5.92 Å². The predicted molar refractivity (Wildman–Crippen MR) is 180 cm³/mol. The highest BCUT2D eigenvalue weighted by Gasteiger charge is 2.38. The molecule has 272 valence electrons. The van der Waals surface area contributed by atoms with Gasteiger partial charge < -0.3 is 19.3 Å². The van der Waals surface area contributed by atoms with Gasteiger partial charge in [0.15, 0.2) is 29.7 Å². The van der Waals surface area contributed by atoms with Crippen molar-refractivity contribution in [1.82, 2.24) is 24.4 Å². The monoisotopic (exact) mass is 714 g/mol. The molecule has 6 rings (SSSR count). The maximum absolute atomic E-state index is 16.4. The van der Waals surface area contributed by atoms with Crippen molar-refractivity contribution in [1.29, 1.82) is 0 Å². The summed E-state index contributed by atoms with van der Waals surface area (Å²) in [5.41, 5.74) is -2.56. The first-order valence-corrected chi connectivity index (χ1v) is 16.7. The Morgan fingerprint density at radius 2 is 1.76 bits per heavy atom. The number of amides is 1. The second-order valence-corrected chi connectivity index (χ2v) is 14.5. The first-order valence-electron chi connectivity index (χ1n) is 16.7. The minimum atomic E-state index is -3.46. The highest BCUT2D eigenvalue weighted by Crippen LogP contribution is 2.40. The number of pyridine rings is 2. The van der Waals surface area contributed by atoms with E-state index < -0.39 is 82.9 Å². The van der Waals surface area contributed by atoms with Crippen molar-refractivity contribution in [3.05, 3.63) is 69.7 Å². The lowest BCUT2D eigenvalue weighted by Gasteiger charge is -2.44. The summed E-state index contributed by atoms with van der Waals surface area (Å²) in [4.78, 5) is 44.1. The number of benzene rings is 1. The van der Waals surface area contributed by atoms with E-state index in [-0.39, 0.29) is 48.0 Å². The summed E-state index contributed by atoms with van der Waals surface area (Å²) in [6.07, 6.45) is -0.0321. The van der Waals surface area contributed by atoms with Crippen molar-refractivity contribution in [3.63, 3.8) is 0 Å². The quantitative estimate of drug-likeness (QED) is 0.202. The van der Waals surface area contributed by atoms with Crippen LogP contribution in [0.3, 0.4) is 0 Å². The number of hydrogen-bond acceptors (Lipinski definition) is 8. The van der Waals surface area contributed by atoms with Crippen LogP contribution in [0, 0.1) is 17.5 Å². The Kier molecular flexibility index (Phi) is 9.21. The fraction of sp³-hybridized carbons (Fsp3) is 0.472. The number of carbonyl (C=O) groups excluding carboxylic acids is 1. The van der Waals surface area contributed by atoms with Crippen LogP contribution in [0.5, 0.6) is 5.75 Å². The van der Waals surface area contributed by atoms with Crippen LogP contribution in [0.1, 0.15) is 72.1 Å². The molecule has 1 fully saturated rings. The second-order valence-electron chi connectivity index (χ2n) is 14.5. The topological polar surface area (TPSA) is 103 Å². The van der Waals surface area contributed by atoms with E-state index in [2.05, 4.69) is 15.0 Å². The average molecular weight is 715 g/mol. The second kappa shape index (κ2) is 13.1. The first kappa shape index (κ1) is 36.0. The Morgan fingerprint density at radius 1 is 1.04 bits per heavy atom. The highest BCUT2D eigenvalue weighted by atomic mass is 19.3. The van der Waals surface area contributed by atoms with E-state index >= 15 is 17.6 Å². The van der Waals surface area contributed by atoms with Crippen molar-refractivity contribution in [2.45, 2.75) is 90.8 Å². The third-order valence-electron chi connectivity index (χ3n) is 8.99. The van der Waals surface area contributed by atoms with E-state index in [1.165, 1.54) is 12.3 Å². The molecule has 15 heteroatoms. The molecule has 2 aliphatic heterocycles. The Bertz CT molecular complexity index is 2080. The third-order valence-corrected chi connectivity index (χ3v) is 8.99. The number of aryl methyl sites for hydroxylation is 1. The number of ether oxygens (including phenoxy) is 2. The van der Waals surface area contributed by atoms with E-state index in [0.29, 0.717) is 17.3 Å². The number of nitrogens with zero attached hydrogens (tertiary/aromatic N) is 6. The molecule has 0 spiro atoms. The van der Waals surface area contributed by atoms with Gasteiger partial charge in [-0.25, -0.2) is 41.1 Å². The Morgan fingerprint density at radius 3 is 2.45 bits per heavy atom. The number of halogens is 5. The van der Waals surface area contributed by atoms with Crippen LogP contribution in [-0.4, -0.2) is 73.8 Å². The minimum absolute atomic E-state index is 0.0320. The molecule has 3 aromatic heterocycles. The summed E-state index contributed by atoms with van der Waals surface area (Å²) in [6.45, 7) is 11.6. The number of fused-ring (bicyclic) bond motifs is 5. The number of hydrogen-bond donors (Lipinski definition) is 0. The molecule has 0 saturated carbocycles. The molecular weight excluding hydrogens is 675 g/mol. The van der Waals surface area contributed by atoms with E-state index in [9.17, 15) is 14.0 Å². The fourth-order valence-electron chi connectivity index (χ4n) is 6.54. The van der Waals surface area contributed by atoms with Crippen molar-refractivity contribution in [3.8, 4) is 22.7 Å². The highest BCUT2D eigenvalue weighted by molar-refractivity contribution is 5.91. The van der Waals surface area contributed by atoms with Crippen LogP contribution in [0.25, 0.3) is 28.0 Å². The van der Waals surface area contributed by atoms with Crippen molar-refractivity contribution in [2.24, 2.45) is 0 Å². The third kappa shape index (κ3) is 6.81. The van der Waals surface area contributed by atoms with Crippen molar-refractivity contribution in [2.75, 3.05) is 24.6 Å². The zero-order valence-electron chi connectivity index (χ0n) is 29.4. The van der Waals surface area contributed by atoms with Gasteiger partial charge in [-0.15, -0.1) is 0 Å². The molecule has 0 N–H and O–H groups in total. The van der Waals surface area contributed by atoms with E-state index in [1.807, 2.05) is 0 Å². The zero-order valence-corrected chi connectivity index (χ0v) is 29.4. The SMILES string of the molecule is CC(C)c1nccc2c1-n1c(=O)nc(N3C[C@@H](C)N(C(=O)OC(C)(C)C)C[C@@H]3C)c3cc(F)c(nc31)-c1c(ccc(F)c1F)OCC(F)(F)CC2. The zero-order chi connectivity index (χ0) is 37.2. The average Bonchev–Trinajstić information content (AvgIpc) is 3.04. The maximum atomic E-state index is 16.4. The lowest BCUT2D eigenvalue weighted by atomic mass is 9.99. The van der Waals surface area contributed by atoms with Gasteiger partial charge in [0.1, 0.15) is 22.9 Å². The Balaban J connectivity index is 1.65. The molecule has 5 heterocycles. The number of aromatic nitrogens is 4.